The zero-order valence-electron chi connectivity index (χ0n) is 15.8. The average Bonchev–Trinajstić information content (AvgIpc) is 3.33. The summed E-state index contributed by atoms with van der Waals surface area (Å²) in [5, 5.41) is 3.44. The highest BCUT2D eigenvalue weighted by Gasteiger charge is 2.23. The maximum atomic E-state index is 5.98. The summed E-state index contributed by atoms with van der Waals surface area (Å²) < 4.78 is 21.6. The van der Waals surface area contributed by atoms with Crippen LogP contribution in [-0.4, -0.2) is 45.0 Å². The van der Waals surface area contributed by atoms with Gasteiger partial charge in [0, 0.05) is 31.5 Å². The van der Waals surface area contributed by atoms with Gasteiger partial charge in [-0.1, -0.05) is 0 Å². The number of imidazole rings is 2. The summed E-state index contributed by atoms with van der Waals surface area (Å²) in [5.74, 6) is 3.55. The SMILES string of the molecule is Cn1ccnc1CNCC1Cn2c(-c3ccc4c(c3)OCCO4)cnc2CO1. The summed E-state index contributed by atoms with van der Waals surface area (Å²) in [6.07, 6.45) is 5.75. The molecule has 1 aromatic carbocycles. The van der Waals surface area contributed by atoms with E-state index in [0.717, 1.165) is 54.0 Å². The summed E-state index contributed by atoms with van der Waals surface area (Å²) in [6.45, 7) is 3.92. The first kappa shape index (κ1) is 17.3. The van der Waals surface area contributed by atoms with Crippen LogP contribution in [0, 0.1) is 0 Å². The van der Waals surface area contributed by atoms with E-state index in [1.807, 2.05) is 42.3 Å². The van der Waals surface area contributed by atoms with Gasteiger partial charge in [0.1, 0.15) is 31.5 Å². The molecule has 1 unspecified atom stereocenters. The molecule has 0 saturated heterocycles. The molecule has 0 amide bonds. The number of hydrogen-bond acceptors (Lipinski definition) is 6. The van der Waals surface area contributed by atoms with Crippen molar-refractivity contribution in [3.63, 3.8) is 0 Å². The fourth-order valence-corrected chi connectivity index (χ4v) is 3.65. The number of ether oxygens (including phenoxy) is 3. The molecule has 0 fully saturated rings. The number of nitrogens with zero attached hydrogens (tertiary/aromatic N) is 4. The number of fused-ring (bicyclic) bond motifs is 2. The predicted octanol–water partition coefficient (Wildman–Crippen LogP) is 1.74. The molecule has 3 aromatic rings. The largest absolute Gasteiger partial charge is 0.486 e. The molecule has 0 bridgehead atoms. The van der Waals surface area contributed by atoms with Crippen molar-refractivity contribution in [1.29, 1.82) is 0 Å². The standard InChI is InChI=1S/C20H23N5O3/c1-24-5-4-22-19(24)11-21-9-15-12-25-16(10-23-20(25)13-28-15)14-2-3-17-18(8-14)27-7-6-26-17/h2-5,8,10,15,21H,6-7,9,11-13H2,1H3. The molecular weight excluding hydrogens is 358 g/mol. The Labute approximate surface area is 163 Å². The molecule has 0 spiro atoms. The van der Waals surface area contributed by atoms with E-state index >= 15 is 0 Å². The van der Waals surface area contributed by atoms with Gasteiger partial charge in [-0.15, -0.1) is 0 Å². The van der Waals surface area contributed by atoms with Crippen molar-refractivity contribution in [3.05, 3.63) is 48.4 Å². The summed E-state index contributed by atoms with van der Waals surface area (Å²) in [7, 11) is 2.00. The minimum Gasteiger partial charge on any atom is -0.486 e. The number of aryl methyl sites for hydroxylation is 1. The monoisotopic (exact) mass is 381 g/mol. The number of hydrogen-bond donors (Lipinski definition) is 1. The third-order valence-corrected chi connectivity index (χ3v) is 5.19. The number of aromatic nitrogens is 4. The lowest BCUT2D eigenvalue weighted by Crippen LogP contribution is -2.36. The van der Waals surface area contributed by atoms with E-state index in [0.29, 0.717) is 19.8 Å². The lowest BCUT2D eigenvalue weighted by Gasteiger charge is -2.26. The normalized spacial score (nSPS) is 18.1. The molecule has 2 aromatic heterocycles. The van der Waals surface area contributed by atoms with Crippen LogP contribution in [0.3, 0.4) is 0 Å². The van der Waals surface area contributed by atoms with Gasteiger partial charge in [0.15, 0.2) is 11.5 Å². The summed E-state index contributed by atoms with van der Waals surface area (Å²) in [5.41, 5.74) is 2.15. The topological polar surface area (TPSA) is 75.4 Å². The van der Waals surface area contributed by atoms with E-state index in [-0.39, 0.29) is 6.10 Å². The second-order valence-corrected chi connectivity index (χ2v) is 7.05. The van der Waals surface area contributed by atoms with Gasteiger partial charge in [0.2, 0.25) is 0 Å². The lowest BCUT2D eigenvalue weighted by atomic mass is 10.1. The molecule has 0 aliphatic carbocycles. The van der Waals surface area contributed by atoms with Crippen LogP contribution in [0.2, 0.25) is 0 Å². The fraction of sp³-hybridized carbons (Fsp3) is 0.400. The Balaban J connectivity index is 1.29. The smallest absolute Gasteiger partial charge is 0.162 e. The number of rotatable bonds is 5. The van der Waals surface area contributed by atoms with Crippen LogP contribution >= 0.6 is 0 Å². The Kier molecular flexibility index (Phi) is 4.50. The van der Waals surface area contributed by atoms with Crippen molar-refractivity contribution in [2.24, 2.45) is 7.05 Å². The van der Waals surface area contributed by atoms with Crippen LogP contribution in [0.15, 0.2) is 36.8 Å². The molecule has 2 aliphatic rings. The first-order valence-corrected chi connectivity index (χ1v) is 9.51. The van der Waals surface area contributed by atoms with Gasteiger partial charge in [-0.05, 0) is 18.2 Å². The van der Waals surface area contributed by atoms with Crippen molar-refractivity contribution in [2.75, 3.05) is 19.8 Å². The van der Waals surface area contributed by atoms with Crippen molar-refractivity contribution in [1.82, 2.24) is 24.4 Å². The Bertz CT molecular complexity index is 980. The number of benzene rings is 1. The highest BCUT2D eigenvalue weighted by atomic mass is 16.6. The van der Waals surface area contributed by atoms with Crippen molar-refractivity contribution >= 4 is 0 Å². The van der Waals surface area contributed by atoms with E-state index in [4.69, 9.17) is 14.2 Å². The Morgan fingerprint density at radius 2 is 2.07 bits per heavy atom. The van der Waals surface area contributed by atoms with E-state index in [9.17, 15) is 0 Å². The van der Waals surface area contributed by atoms with E-state index in [1.54, 1.807) is 0 Å². The molecule has 1 N–H and O–H groups in total. The summed E-state index contributed by atoms with van der Waals surface area (Å²) in [4.78, 5) is 8.88. The zero-order valence-corrected chi connectivity index (χ0v) is 15.8. The highest BCUT2D eigenvalue weighted by molar-refractivity contribution is 5.64. The first-order valence-electron chi connectivity index (χ1n) is 9.51. The summed E-state index contributed by atoms with van der Waals surface area (Å²) in [6, 6.07) is 6.05. The Hall–Kier alpha value is -2.84. The third-order valence-electron chi connectivity index (χ3n) is 5.19. The molecule has 8 nitrogen and oxygen atoms in total. The van der Waals surface area contributed by atoms with E-state index in [1.165, 1.54) is 0 Å². The maximum absolute atomic E-state index is 5.98. The molecule has 2 aliphatic heterocycles. The van der Waals surface area contributed by atoms with Gasteiger partial charge in [-0.3, -0.25) is 0 Å². The van der Waals surface area contributed by atoms with Crippen LogP contribution in [0.25, 0.3) is 11.3 Å². The first-order chi connectivity index (χ1) is 13.8. The molecule has 8 heteroatoms. The van der Waals surface area contributed by atoms with E-state index < -0.39 is 0 Å². The van der Waals surface area contributed by atoms with Crippen LogP contribution in [0.4, 0.5) is 0 Å². The maximum Gasteiger partial charge on any atom is 0.162 e. The Morgan fingerprint density at radius 1 is 1.18 bits per heavy atom. The van der Waals surface area contributed by atoms with Gasteiger partial charge in [-0.25, -0.2) is 9.97 Å². The minimum atomic E-state index is 0.0814. The second kappa shape index (κ2) is 7.29. The van der Waals surface area contributed by atoms with Crippen LogP contribution < -0.4 is 14.8 Å². The second-order valence-electron chi connectivity index (χ2n) is 7.05. The van der Waals surface area contributed by atoms with Gasteiger partial charge in [-0.2, -0.15) is 0 Å². The quantitative estimate of drug-likeness (QED) is 0.726. The molecule has 1 atom stereocenters. The molecule has 28 heavy (non-hydrogen) atoms. The predicted molar refractivity (Wildman–Crippen MR) is 102 cm³/mol. The molecule has 4 heterocycles. The highest BCUT2D eigenvalue weighted by Crippen LogP contribution is 2.35. The molecule has 146 valence electrons. The van der Waals surface area contributed by atoms with Crippen molar-refractivity contribution < 1.29 is 14.2 Å². The van der Waals surface area contributed by atoms with Gasteiger partial charge < -0.3 is 28.7 Å². The molecule has 0 radical (unpaired) electrons. The zero-order chi connectivity index (χ0) is 18.9. The number of nitrogens with one attached hydrogen (secondary N) is 1. The van der Waals surface area contributed by atoms with Crippen LogP contribution in [0.1, 0.15) is 11.6 Å². The van der Waals surface area contributed by atoms with E-state index in [2.05, 4.69) is 25.9 Å². The van der Waals surface area contributed by atoms with Gasteiger partial charge >= 0.3 is 0 Å². The summed E-state index contributed by atoms with van der Waals surface area (Å²) >= 11 is 0. The van der Waals surface area contributed by atoms with Crippen LogP contribution in [0.5, 0.6) is 11.5 Å². The van der Waals surface area contributed by atoms with Crippen LogP contribution in [-0.2, 0) is 31.5 Å². The molecular formula is C20H23N5O3. The third kappa shape index (κ3) is 3.25. The van der Waals surface area contributed by atoms with Crippen molar-refractivity contribution in [2.45, 2.75) is 25.8 Å². The average molecular weight is 381 g/mol. The molecule has 5 rings (SSSR count). The fourth-order valence-electron chi connectivity index (χ4n) is 3.65. The lowest BCUT2D eigenvalue weighted by molar-refractivity contribution is 0.00315. The Morgan fingerprint density at radius 3 is 2.93 bits per heavy atom. The van der Waals surface area contributed by atoms with Gasteiger partial charge in [0.05, 0.1) is 31.1 Å². The minimum absolute atomic E-state index is 0.0814. The van der Waals surface area contributed by atoms with Gasteiger partial charge in [0.25, 0.3) is 0 Å². The van der Waals surface area contributed by atoms with Crippen molar-refractivity contribution in [3.8, 4) is 22.8 Å². The molecule has 0 saturated carbocycles.